The van der Waals surface area contributed by atoms with Gasteiger partial charge in [0.2, 0.25) is 0 Å². The van der Waals surface area contributed by atoms with Crippen molar-refractivity contribution < 1.29 is 4.42 Å². The van der Waals surface area contributed by atoms with Gasteiger partial charge in [0.25, 0.3) is 0 Å². The van der Waals surface area contributed by atoms with E-state index in [1.165, 1.54) is 11.3 Å². The molecule has 3 rings (SSSR count). The molecule has 0 fully saturated rings. The summed E-state index contributed by atoms with van der Waals surface area (Å²) in [5.41, 5.74) is 8.29. The Labute approximate surface area is 98.3 Å². The molecule has 2 aromatic heterocycles. The van der Waals surface area contributed by atoms with E-state index < -0.39 is 0 Å². The molecule has 0 saturated heterocycles. The van der Waals surface area contributed by atoms with Gasteiger partial charge in [-0.25, -0.2) is 4.98 Å². The van der Waals surface area contributed by atoms with E-state index in [0.717, 1.165) is 34.9 Å². The zero-order valence-corrected chi connectivity index (χ0v) is 10.0. The molecule has 1 unspecified atom stereocenters. The fourth-order valence-corrected chi connectivity index (χ4v) is 3.37. The third-order valence-electron chi connectivity index (χ3n) is 3.05. The summed E-state index contributed by atoms with van der Waals surface area (Å²) in [6, 6.07) is 2.08. The fraction of sp³-hybridized carbons (Fsp3) is 0.417. The SMILES string of the molecule is Cc1ccoc1-c1nc2c(s1)CCCC2N. The predicted molar refractivity (Wildman–Crippen MR) is 64.4 cm³/mol. The zero-order valence-electron chi connectivity index (χ0n) is 9.19. The van der Waals surface area contributed by atoms with Crippen LogP contribution in [0.15, 0.2) is 16.7 Å². The van der Waals surface area contributed by atoms with Gasteiger partial charge >= 0.3 is 0 Å². The third-order valence-corrected chi connectivity index (χ3v) is 4.18. The molecule has 1 aliphatic rings. The Morgan fingerprint density at radius 1 is 1.56 bits per heavy atom. The van der Waals surface area contributed by atoms with Crippen molar-refractivity contribution in [1.29, 1.82) is 0 Å². The summed E-state index contributed by atoms with van der Waals surface area (Å²) in [5, 5.41) is 0.977. The van der Waals surface area contributed by atoms with Gasteiger partial charge in [-0.15, -0.1) is 11.3 Å². The second kappa shape index (κ2) is 3.71. The van der Waals surface area contributed by atoms with Crippen molar-refractivity contribution in [1.82, 2.24) is 4.98 Å². The van der Waals surface area contributed by atoms with Crippen LogP contribution in [0.5, 0.6) is 0 Å². The zero-order chi connectivity index (χ0) is 11.1. The number of nitrogens with two attached hydrogens (primary N) is 1. The maximum absolute atomic E-state index is 6.06. The maximum atomic E-state index is 6.06. The van der Waals surface area contributed by atoms with E-state index in [0.29, 0.717) is 0 Å². The topological polar surface area (TPSA) is 52.0 Å². The standard InChI is InChI=1S/C12H14N2OS/c1-7-5-6-15-11(7)12-14-10-8(13)3-2-4-9(10)16-12/h5-6,8H,2-4,13H2,1H3. The fourth-order valence-electron chi connectivity index (χ4n) is 2.14. The third kappa shape index (κ3) is 1.49. The highest BCUT2D eigenvalue weighted by atomic mass is 32.1. The molecule has 0 radical (unpaired) electrons. The molecule has 1 atom stereocenters. The summed E-state index contributed by atoms with van der Waals surface area (Å²) >= 11 is 1.73. The first kappa shape index (κ1) is 10.1. The molecule has 1 aliphatic carbocycles. The van der Waals surface area contributed by atoms with Gasteiger partial charge in [0, 0.05) is 10.9 Å². The highest BCUT2D eigenvalue weighted by molar-refractivity contribution is 7.15. The average molecular weight is 234 g/mol. The van der Waals surface area contributed by atoms with Crippen molar-refractivity contribution in [2.24, 2.45) is 5.73 Å². The maximum Gasteiger partial charge on any atom is 0.165 e. The molecule has 0 amide bonds. The van der Waals surface area contributed by atoms with E-state index in [9.17, 15) is 0 Å². The number of aryl methyl sites for hydroxylation is 2. The molecule has 84 valence electrons. The molecule has 0 aliphatic heterocycles. The van der Waals surface area contributed by atoms with Crippen LogP contribution in [-0.4, -0.2) is 4.98 Å². The first-order valence-corrected chi connectivity index (χ1v) is 6.37. The molecule has 0 spiro atoms. The van der Waals surface area contributed by atoms with Crippen molar-refractivity contribution in [3.8, 4) is 10.8 Å². The van der Waals surface area contributed by atoms with Crippen LogP contribution < -0.4 is 5.73 Å². The van der Waals surface area contributed by atoms with E-state index in [4.69, 9.17) is 10.2 Å². The van der Waals surface area contributed by atoms with Crippen LogP contribution >= 0.6 is 11.3 Å². The molecule has 2 N–H and O–H groups in total. The highest BCUT2D eigenvalue weighted by Crippen LogP contribution is 2.37. The second-order valence-electron chi connectivity index (χ2n) is 4.26. The van der Waals surface area contributed by atoms with E-state index in [-0.39, 0.29) is 6.04 Å². The Bertz CT molecular complexity index is 515. The van der Waals surface area contributed by atoms with E-state index in [1.807, 2.05) is 13.0 Å². The molecule has 2 heterocycles. The smallest absolute Gasteiger partial charge is 0.165 e. The Balaban J connectivity index is 2.08. The van der Waals surface area contributed by atoms with Crippen LogP contribution in [-0.2, 0) is 6.42 Å². The van der Waals surface area contributed by atoms with Gasteiger partial charge in [0.05, 0.1) is 12.0 Å². The monoisotopic (exact) mass is 234 g/mol. The largest absolute Gasteiger partial charge is 0.462 e. The summed E-state index contributed by atoms with van der Waals surface area (Å²) < 4.78 is 5.47. The number of fused-ring (bicyclic) bond motifs is 1. The summed E-state index contributed by atoms with van der Waals surface area (Å²) in [7, 11) is 0. The lowest BCUT2D eigenvalue weighted by Gasteiger charge is -2.15. The molecule has 16 heavy (non-hydrogen) atoms. The van der Waals surface area contributed by atoms with Gasteiger partial charge in [-0.1, -0.05) is 0 Å². The van der Waals surface area contributed by atoms with E-state index >= 15 is 0 Å². The number of thiazole rings is 1. The molecule has 0 bridgehead atoms. The summed E-state index contributed by atoms with van der Waals surface area (Å²) in [4.78, 5) is 5.97. The molecule has 0 aromatic carbocycles. The molecule has 4 heteroatoms. The predicted octanol–water partition coefficient (Wildman–Crippen LogP) is 3.05. The van der Waals surface area contributed by atoms with E-state index in [1.54, 1.807) is 17.6 Å². The number of furan rings is 1. The van der Waals surface area contributed by atoms with Gasteiger partial charge in [0.1, 0.15) is 0 Å². The van der Waals surface area contributed by atoms with E-state index in [2.05, 4.69) is 4.98 Å². The Kier molecular flexibility index (Phi) is 2.33. The van der Waals surface area contributed by atoms with Crippen molar-refractivity contribution >= 4 is 11.3 Å². The van der Waals surface area contributed by atoms with Gasteiger partial charge in [-0.3, -0.25) is 0 Å². The Morgan fingerprint density at radius 3 is 3.12 bits per heavy atom. The number of hydrogen-bond donors (Lipinski definition) is 1. The minimum Gasteiger partial charge on any atom is -0.462 e. The molecular formula is C12H14N2OS. The van der Waals surface area contributed by atoms with Crippen molar-refractivity contribution in [2.75, 3.05) is 0 Å². The first-order chi connectivity index (χ1) is 7.75. The van der Waals surface area contributed by atoms with Crippen LogP contribution in [0.25, 0.3) is 10.8 Å². The Morgan fingerprint density at radius 2 is 2.44 bits per heavy atom. The molecule has 0 saturated carbocycles. The van der Waals surface area contributed by atoms with Crippen molar-refractivity contribution in [3.63, 3.8) is 0 Å². The van der Waals surface area contributed by atoms with Crippen molar-refractivity contribution in [3.05, 3.63) is 28.5 Å². The van der Waals surface area contributed by atoms with Crippen LogP contribution in [0.3, 0.4) is 0 Å². The van der Waals surface area contributed by atoms with Gasteiger partial charge < -0.3 is 10.2 Å². The lowest BCUT2D eigenvalue weighted by atomic mass is 9.99. The minimum atomic E-state index is 0.115. The second-order valence-corrected chi connectivity index (χ2v) is 5.34. The molecular weight excluding hydrogens is 220 g/mol. The van der Waals surface area contributed by atoms with Crippen LogP contribution in [0, 0.1) is 6.92 Å². The molecule has 3 nitrogen and oxygen atoms in total. The average Bonchev–Trinajstić information content (AvgIpc) is 2.84. The number of hydrogen-bond acceptors (Lipinski definition) is 4. The van der Waals surface area contributed by atoms with Crippen LogP contribution in [0.1, 0.15) is 35.0 Å². The first-order valence-electron chi connectivity index (χ1n) is 5.55. The number of nitrogens with zero attached hydrogens (tertiary/aromatic N) is 1. The van der Waals surface area contributed by atoms with Crippen LogP contribution in [0.2, 0.25) is 0 Å². The van der Waals surface area contributed by atoms with Crippen LogP contribution in [0.4, 0.5) is 0 Å². The lowest BCUT2D eigenvalue weighted by molar-refractivity contribution is 0.560. The van der Waals surface area contributed by atoms with Gasteiger partial charge in [0.15, 0.2) is 10.8 Å². The molecule has 2 aromatic rings. The summed E-state index contributed by atoms with van der Waals surface area (Å²) in [6.07, 6.45) is 5.05. The lowest BCUT2D eigenvalue weighted by Crippen LogP contribution is -2.16. The minimum absolute atomic E-state index is 0.115. The summed E-state index contributed by atoms with van der Waals surface area (Å²) in [6.45, 7) is 2.04. The number of rotatable bonds is 1. The highest BCUT2D eigenvalue weighted by Gasteiger charge is 2.23. The quantitative estimate of drug-likeness (QED) is 0.825. The van der Waals surface area contributed by atoms with Crippen molar-refractivity contribution in [2.45, 2.75) is 32.2 Å². The van der Waals surface area contributed by atoms with Gasteiger partial charge in [-0.05, 0) is 37.8 Å². The number of aromatic nitrogens is 1. The Hall–Kier alpha value is -1.13. The normalized spacial score (nSPS) is 19.8. The van der Waals surface area contributed by atoms with Gasteiger partial charge in [-0.2, -0.15) is 0 Å². The summed E-state index contributed by atoms with van der Waals surface area (Å²) in [5.74, 6) is 0.895.